The van der Waals surface area contributed by atoms with Gasteiger partial charge in [0.05, 0.1) is 6.61 Å². The third-order valence-corrected chi connectivity index (χ3v) is 7.26. The van der Waals surface area contributed by atoms with E-state index in [1.54, 1.807) is 0 Å². The summed E-state index contributed by atoms with van der Waals surface area (Å²) in [4.78, 5) is 60.9. The molecule has 0 amide bonds. The number of hydrogen-bond acceptors (Lipinski definition) is 11. The lowest BCUT2D eigenvalue weighted by Gasteiger charge is -2.21. The van der Waals surface area contributed by atoms with Crippen molar-refractivity contribution in [2.75, 3.05) is 13.4 Å². The van der Waals surface area contributed by atoms with Gasteiger partial charge in [0, 0.05) is 18.7 Å². The normalized spacial score (nSPS) is 26.2. The van der Waals surface area contributed by atoms with E-state index in [1.807, 2.05) is 4.98 Å². The van der Waals surface area contributed by atoms with Gasteiger partial charge in [0.25, 0.3) is 5.56 Å². The zero-order chi connectivity index (χ0) is 22.7. The largest absolute Gasteiger partial charge is 0.490 e. The molecule has 20 heteroatoms. The Labute approximate surface area is 166 Å². The highest BCUT2D eigenvalue weighted by Crippen LogP contribution is 2.67. The van der Waals surface area contributed by atoms with Gasteiger partial charge in [-0.15, -0.1) is 0 Å². The summed E-state index contributed by atoms with van der Waals surface area (Å²) in [6.45, 7) is -1.20. The molecule has 1 aliphatic rings. The van der Waals surface area contributed by atoms with Crippen LogP contribution in [-0.2, 0) is 36.3 Å². The Hall–Kier alpha value is -1.03. The summed E-state index contributed by atoms with van der Waals surface area (Å²) in [6, 6.07) is 1.000. The number of aromatic amines is 1. The van der Waals surface area contributed by atoms with Gasteiger partial charge in [-0.05, 0) is 0 Å². The van der Waals surface area contributed by atoms with Crippen molar-refractivity contribution in [2.24, 2.45) is 0 Å². The summed E-state index contributed by atoms with van der Waals surface area (Å²) in [6.07, 6.45) is -3.08. The van der Waals surface area contributed by atoms with Crippen molar-refractivity contribution in [3.8, 4) is 0 Å². The van der Waals surface area contributed by atoms with Crippen LogP contribution < -0.4 is 11.2 Å². The molecule has 172 valence electrons. The van der Waals surface area contributed by atoms with Gasteiger partial charge in [0.1, 0.15) is 25.2 Å². The number of phosphoric acid groups is 3. The number of aromatic nitrogens is 2. The number of rotatable bonds is 10. The van der Waals surface area contributed by atoms with Crippen molar-refractivity contribution in [1.29, 1.82) is 0 Å². The standard InChI is InChI=1S/C10H17N2O15P3/c13-5-23-4-7-6(3-9(24-7)12-2-1-8(14)11-10(12)15)25-29(19,20)27-30(21,22)26-28(16,17)18/h1-2,6-7,9,13H,3-5H2,(H,19,20)(H,21,22)(H,11,14,15)(H2,16,17,18)/t6-,7+,9+/m0/s1. The lowest BCUT2D eigenvalue weighted by Crippen LogP contribution is -2.32. The second-order valence-corrected chi connectivity index (χ2v) is 9.99. The molecule has 1 aliphatic heterocycles. The Bertz CT molecular complexity index is 999. The highest BCUT2D eigenvalue weighted by atomic mass is 31.3. The van der Waals surface area contributed by atoms with Crippen molar-refractivity contribution in [3.05, 3.63) is 33.1 Å². The van der Waals surface area contributed by atoms with E-state index >= 15 is 0 Å². The van der Waals surface area contributed by atoms with Crippen molar-refractivity contribution in [3.63, 3.8) is 0 Å². The van der Waals surface area contributed by atoms with E-state index in [1.165, 1.54) is 0 Å². The van der Waals surface area contributed by atoms with Gasteiger partial charge in [-0.1, -0.05) is 0 Å². The SMILES string of the molecule is O=c1ccn([C@H]2C[C@H](OP(=O)(O)OP(=O)(O)OP(=O)(O)O)[C@@H](COCO)O2)c(=O)[nH]1. The van der Waals surface area contributed by atoms with Gasteiger partial charge in [0.2, 0.25) is 0 Å². The molecule has 1 saturated heterocycles. The topological polar surface area (TPSA) is 253 Å². The maximum Gasteiger partial charge on any atom is 0.490 e. The van der Waals surface area contributed by atoms with Crippen LogP contribution >= 0.6 is 23.5 Å². The molecule has 6 N–H and O–H groups in total. The lowest BCUT2D eigenvalue weighted by molar-refractivity contribution is -0.0913. The van der Waals surface area contributed by atoms with Crippen LogP contribution in [0.1, 0.15) is 12.6 Å². The van der Waals surface area contributed by atoms with Crippen molar-refractivity contribution in [2.45, 2.75) is 24.9 Å². The molecule has 5 atom stereocenters. The van der Waals surface area contributed by atoms with Gasteiger partial charge >= 0.3 is 29.2 Å². The smallest absolute Gasteiger partial charge is 0.371 e. The van der Waals surface area contributed by atoms with Crippen LogP contribution in [0.25, 0.3) is 0 Å². The van der Waals surface area contributed by atoms with Crippen molar-refractivity contribution < 1.29 is 61.0 Å². The third kappa shape index (κ3) is 7.59. The minimum atomic E-state index is -5.73. The van der Waals surface area contributed by atoms with E-state index in [0.29, 0.717) is 0 Å². The minimum absolute atomic E-state index is 0.339. The summed E-state index contributed by atoms with van der Waals surface area (Å²) >= 11 is 0. The first-order valence-electron chi connectivity index (χ1n) is 7.69. The van der Waals surface area contributed by atoms with E-state index in [-0.39, 0.29) is 6.42 Å². The van der Waals surface area contributed by atoms with Crippen LogP contribution in [0.4, 0.5) is 0 Å². The Morgan fingerprint density at radius 3 is 2.37 bits per heavy atom. The fourth-order valence-corrected chi connectivity index (χ4v) is 5.65. The molecule has 0 saturated carbocycles. The lowest BCUT2D eigenvalue weighted by atomic mass is 10.2. The quantitative estimate of drug-likeness (QED) is 0.159. The van der Waals surface area contributed by atoms with Gasteiger partial charge in [-0.25, -0.2) is 18.5 Å². The highest BCUT2D eigenvalue weighted by Gasteiger charge is 2.46. The Morgan fingerprint density at radius 1 is 1.13 bits per heavy atom. The summed E-state index contributed by atoms with van der Waals surface area (Å²) in [5.41, 5.74) is -1.58. The third-order valence-electron chi connectivity index (χ3n) is 3.40. The van der Waals surface area contributed by atoms with Crippen LogP contribution in [-0.4, -0.2) is 59.8 Å². The number of H-pyrrole nitrogens is 1. The number of phosphoric ester groups is 1. The molecule has 30 heavy (non-hydrogen) atoms. The first-order valence-corrected chi connectivity index (χ1v) is 12.2. The fourth-order valence-electron chi connectivity index (χ4n) is 2.43. The molecule has 0 bridgehead atoms. The molecule has 17 nitrogen and oxygen atoms in total. The predicted molar refractivity (Wildman–Crippen MR) is 91.6 cm³/mol. The Balaban J connectivity index is 2.19. The van der Waals surface area contributed by atoms with E-state index in [9.17, 15) is 33.1 Å². The van der Waals surface area contributed by atoms with Gasteiger partial charge < -0.3 is 34.2 Å². The summed E-state index contributed by atoms with van der Waals surface area (Å²) in [7, 11) is -16.8. The number of aliphatic hydroxyl groups is 1. The molecule has 1 fully saturated rings. The molecule has 0 radical (unpaired) electrons. The molecule has 1 aromatic rings. The number of hydrogen-bond donors (Lipinski definition) is 6. The maximum atomic E-state index is 12.0. The van der Waals surface area contributed by atoms with Crippen LogP contribution in [0.3, 0.4) is 0 Å². The highest BCUT2D eigenvalue weighted by molar-refractivity contribution is 7.66. The van der Waals surface area contributed by atoms with Crippen LogP contribution in [0, 0.1) is 0 Å². The fraction of sp³-hybridized carbons (Fsp3) is 0.600. The van der Waals surface area contributed by atoms with E-state index in [0.717, 1.165) is 16.8 Å². The van der Waals surface area contributed by atoms with Crippen LogP contribution in [0.2, 0.25) is 0 Å². The van der Waals surface area contributed by atoms with Crippen molar-refractivity contribution >= 4 is 23.5 Å². The number of nitrogens with one attached hydrogen (secondary N) is 1. The zero-order valence-electron chi connectivity index (χ0n) is 14.6. The molecule has 0 aromatic carbocycles. The van der Waals surface area contributed by atoms with E-state index in [2.05, 4.69) is 8.62 Å². The average molecular weight is 498 g/mol. The first-order chi connectivity index (χ1) is 13.7. The molecule has 2 rings (SSSR count). The number of nitrogens with zero attached hydrogens (tertiary/aromatic N) is 1. The monoisotopic (exact) mass is 498 g/mol. The second-order valence-electron chi connectivity index (χ2n) is 5.62. The van der Waals surface area contributed by atoms with Crippen LogP contribution in [0.15, 0.2) is 21.9 Å². The zero-order valence-corrected chi connectivity index (χ0v) is 17.3. The molecule has 2 unspecified atom stereocenters. The second kappa shape index (κ2) is 9.63. The number of ether oxygens (including phenoxy) is 2. The predicted octanol–water partition coefficient (Wildman–Crippen LogP) is -1.50. The molecule has 1 aromatic heterocycles. The summed E-state index contributed by atoms with van der Waals surface area (Å²) < 4.78 is 57.2. The summed E-state index contributed by atoms with van der Waals surface area (Å²) in [5.74, 6) is 0. The van der Waals surface area contributed by atoms with Gasteiger partial charge in [-0.3, -0.25) is 18.9 Å². The van der Waals surface area contributed by atoms with Gasteiger partial charge in [0.15, 0.2) is 0 Å². The van der Waals surface area contributed by atoms with Gasteiger partial charge in [-0.2, -0.15) is 8.62 Å². The van der Waals surface area contributed by atoms with Crippen molar-refractivity contribution in [1.82, 2.24) is 9.55 Å². The Kier molecular flexibility index (Phi) is 8.10. The molecule has 0 aliphatic carbocycles. The molecular formula is C10H17N2O15P3. The molecule has 0 spiro atoms. The minimum Gasteiger partial charge on any atom is -0.371 e. The van der Waals surface area contributed by atoms with E-state index in [4.69, 9.17) is 28.9 Å². The molecular weight excluding hydrogens is 481 g/mol. The summed E-state index contributed by atoms with van der Waals surface area (Å²) in [5, 5.41) is 8.76. The van der Waals surface area contributed by atoms with Crippen LogP contribution in [0.5, 0.6) is 0 Å². The maximum absolute atomic E-state index is 12.0. The molecule has 2 heterocycles. The Morgan fingerprint density at radius 2 is 1.80 bits per heavy atom. The average Bonchev–Trinajstić information content (AvgIpc) is 2.90. The first kappa shape index (κ1) is 25.2. The number of aliphatic hydroxyl groups excluding tert-OH is 1. The van der Waals surface area contributed by atoms with E-state index < -0.39 is 66.6 Å².